The molecule has 0 N–H and O–H groups in total. The lowest BCUT2D eigenvalue weighted by Gasteiger charge is -2.21. The molecular formula is C20H23N5O2. The zero-order valence-electron chi connectivity index (χ0n) is 15.4. The SMILES string of the molecule is Cc1ccc(CN2CCCN(c3nc4ccccn4c3[N+](=O)[O-])CC2)cc1. The molecule has 1 saturated heterocycles. The molecule has 7 nitrogen and oxygen atoms in total. The van der Waals surface area contributed by atoms with Crippen LogP contribution in [-0.4, -0.2) is 45.4 Å². The minimum atomic E-state index is -0.329. The number of hydrogen-bond donors (Lipinski definition) is 0. The van der Waals surface area contributed by atoms with Crippen LogP contribution in [0.4, 0.5) is 11.6 Å². The summed E-state index contributed by atoms with van der Waals surface area (Å²) in [6.07, 6.45) is 2.66. The van der Waals surface area contributed by atoms with Gasteiger partial charge in [-0.3, -0.25) is 4.90 Å². The van der Waals surface area contributed by atoms with E-state index < -0.39 is 0 Å². The molecule has 0 radical (unpaired) electrons. The molecule has 0 amide bonds. The van der Waals surface area contributed by atoms with E-state index in [-0.39, 0.29) is 10.7 Å². The van der Waals surface area contributed by atoms with Gasteiger partial charge in [0, 0.05) is 38.8 Å². The Bertz CT molecular complexity index is 951. The van der Waals surface area contributed by atoms with Gasteiger partial charge in [0.25, 0.3) is 0 Å². The minimum absolute atomic E-state index is 0.0533. The highest BCUT2D eigenvalue weighted by Crippen LogP contribution is 2.29. The molecule has 0 unspecified atom stereocenters. The zero-order valence-corrected chi connectivity index (χ0v) is 15.4. The van der Waals surface area contributed by atoms with Crippen molar-refractivity contribution in [1.82, 2.24) is 14.3 Å². The Kier molecular flexibility index (Phi) is 4.77. The summed E-state index contributed by atoms with van der Waals surface area (Å²) in [5.74, 6) is 0.529. The van der Waals surface area contributed by atoms with Crippen LogP contribution in [0.5, 0.6) is 0 Å². The van der Waals surface area contributed by atoms with Crippen molar-refractivity contribution in [1.29, 1.82) is 0 Å². The van der Waals surface area contributed by atoms with E-state index in [1.807, 2.05) is 6.07 Å². The highest BCUT2D eigenvalue weighted by Gasteiger charge is 2.28. The number of benzene rings is 1. The molecule has 0 aliphatic carbocycles. The number of aromatic nitrogens is 2. The molecule has 3 heterocycles. The Morgan fingerprint density at radius 1 is 1.07 bits per heavy atom. The summed E-state index contributed by atoms with van der Waals surface area (Å²) in [5.41, 5.74) is 3.17. The predicted octanol–water partition coefficient (Wildman–Crippen LogP) is 3.26. The topological polar surface area (TPSA) is 66.9 Å². The van der Waals surface area contributed by atoms with Crippen molar-refractivity contribution in [2.75, 3.05) is 31.1 Å². The fourth-order valence-electron chi connectivity index (χ4n) is 3.64. The summed E-state index contributed by atoms with van der Waals surface area (Å²) in [4.78, 5) is 20.3. The van der Waals surface area contributed by atoms with Crippen molar-refractivity contribution >= 4 is 17.3 Å². The monoisotopic (exact) mass is 365 g/mol. The number of pyridine rings is 1. The van der Waals surface area contributed by atoms with Crippen molar-refractivity contribution in [2.24, 2.45) is 0 Å². The molecule has 0 atom stereocenters. The van der Waals surface area contributed by atoms with E-state index in [1.165, 1.54) is 11.1 Å². The number of nitro groups is 1. The van der Waals surface area contributed by atoms with E-state index >= 15 is 0 Å². The second kappa shape index (κ2) is 7.36. The summed E-state index contributed by atoms with van der Waals surface area (Å²) in [5, 5.41) is 11.7. The zero-order chi connectivity index (χ0) is 18.8. The fourth-order valence-corrected chi connectivity index (χ4v) is 3.64. The van der Waals surface area contributed by atoms with Gasteiger partial charge in [-0.2, -0.15) is 9.38 Å². The average molecular weight is 365 g/mol. The van der Waals surface area contributed by atoms with Crippen molar-refractivity contribution in [3.63, 3.8) is 0 Å². The summed E-state index contributed by atoms with van der Waals surface area (Å²) >= 11 is 0. The maximum Gasteiger partial charge on any atom is 0.372 e. The molecule has 7 heteroatoms. The van der Waals surface area contributed by atoms with Crippen molar-refractivity contribution in [2.45, 2.75) is 19.9 Å². The molecular weight excluding hydrogens is 342 g/mol. The van der Waals surface area contributed by atoms with Crippen molar-refractivity contribution < 1.29 is 4.92 Å². The number of aryl methyl sites for hydroxylation is 1. The second-order valence-electron chi connectivity index (χ2n) is 7.05. The van der Waals surface area contributed by atoms with Crippen LogP contribution in [0.3, 0.4) is 0 Å². The van der Waals surface area contributed by atoms with E-state index in [2.05, 4.69) is 46.0 Å². The first kappa shape index (κ1) is 17.5. The smallest absolute Gasteiger partial charge is 0.358 e. The first-order valence-corrected chi connectivity index (χ1v) is 9.26. The molecule has 1 aromatic carbocycles. The molecule has 1 aliphatic heterocycles. The quantitative estimate of drug-likeness (QED) is 0.524. The van der Waals surface area contributed by atoms with Gasteiger partial charge in [-0.15, -0.1) is 0 Å². The Morgan fingerprint density at radius 3 is 2.67 bits per heavy atom. The number of nitrogens with zero attached hydrogens (tertiary/aromatic N) is 5. The Hall–Kier alpha value is -2.93. The van der Waals surface area contributed by atoms with Gasteiger partial charge < -0.3 is 15.0 Å². The van der Waals surface area contributed by atoms with Crippen LogP contribution < -0.4 is 4.90 Å². The molecule has 4 rings (SSSR count). The number of rotatable bonds is 4. The predicted molar refractivity (Wildman–Crippen MR) is 105 cm³/mol. The van der Waals surface area contributed by atoms with Gasteiger partial charge in [0.05, 0.1) is 6.20 Å². The van der Waals surface area contributed by atoms with Gasteiger partial charge in [-0.1, -0.05) is 35.9 Å². The Balaban J connectivity index is 1.53. The fraction of sp³-hybridized carbons (Fsp3) is 0.350. The highest BCUT2D eigenvalue weighted by molar-refractivity contribution is 5.63. The first-order chi connectivity index (χ1) is 13.1. The first-order valence-electron chi connectivity index (χ1n) is 9.26. The summed E-state index contributed by atoms with van der Waals surface area (Å²) < 4.78 is 1.56. The maximum atomic E-state index is 11.7. The van der Waals surface area contributed by atoms with Crippen LogP contribution in [0.15, 0.2) is 48.7 Å². The van der Waals surface area contributed by atoms with Crippen molar-refractivity contribution in [3.8, 4) is 0 Å². The van der Waals surface area contributed by atoms with Gasteiger partial charge in [0.2, 0.25) is 11.5 Å². The Labute approximate surface area is 158 Å². The van der Waals surface area contributed by atoms with Gasteiger partial charge >= 0.3 is 5.82 Å². The molecule has 2 aromatic heterocycles. The maximum absolute atomic E-state index is 11.7. The summed E-state index contributed by atoms with van der Waals surface area (Å²) in [7, 11) is 0. The van der Waals surface area contributed by atoms with Crippen LogP contribution >= 0.6 is 0 Å². The van der Waals surface area contributed by atoms with Crippen LogP contribution in [0.25, 0.3) is 5.65 Å². The van der Waals surface area contributed by atoms with Crippen molar-refractivity contribution in [3.05, 3.63) is 69.9 Å². The number of hydrogen-bond acceptors (Lipinski definition) is 5. The Morgan fingerprint density at radius 2 is 1.89 bits per heavy atom. The van der Waals surface area contributed by atoms with Crippen LogP contribution in [0, 0.1) is 17.0 Å². The van der Waals surface area contributed by atoms with Gasteiger partial charge in [0.15, 0.2) is 0 Å². The van der Waals surface area contributed by atoms with E-state index in [1.54, 1.807) is 22.7 Å². The van der Waals surface area contributed by atoms with Gasteiger partial charge in [-0.05, 0) is 29.9 Å². The van der Waals surface area contributed by atoms with Gasteiger partial charge in [-0.25, -0.2) is 0 Å². The van der Waals surface area contributed by atoms with E-state index in [0.29, 0.717) is 11.5 Å². The average Bonchev–Trinajstić information content (AvgIpc) is 2.90. The number of anilines is 1. The molecule has 0 bridgehead atoms. The van der Waals surface area contributed by atoms with E-state index in [9.17, 15) is 10.1 Å². The van der Waals surface area contributed by atoms with Gasteiger partial charge in [0.1, 0.15) is 0 Å². The van der Waals surface area contributed by atoms with Crippen LogP contribution in [-0.2, 0) is 6.54 Å². The lowest BCUT2D eigenvalue weighted by atomic mass is 10.1. The molecule has 1 aliphatic rings. The summed E-state index contributed by atoms with van der Waals surface area (Å²) in [6.45, 7) is 6.34. The van der Waals surface area contributed by atoms with Crippen LogP contribution in [0.2, 0.25) is 0 Å². The number of imidazole rings is 1. The molecule has 1 fully saturated rings. The lowest BCUT2D eigenvalue weighted by Crippen LogP contribution is -2.31. The number of fused-ring (bicyclic) bond motifs is 1. The molecule has 140 valence electrons. The third kappa shape index (κ3) is 3.64. The molecule has 0 spiro atoms. The third-order valence-corrected chi connectivity index (χ3v) is 5.07. The molecule has 27 heavy (non-hydrogen) atoms. The molecule has 0 saturated carbocycles. The summed E-state index contributed by atoms with van der Waals surface area (Å²) in [6, 6.07) is 14.1. The minimum Gasteiger partial charge on any atom is -0.358 e. The second-order valence-corrected chi connectivity index (χ2v) is 7.05. The normalized spacial score (nSPS) is 15.8. The highest BCUT2D eigenvalue weighted by atomic mass is 16.6. The van der Waals surface area contributed by atoms with Crippen LogP contribution in [0.1, 0.15) is 17.5 Å². The van der Waals surface area contributed by atoms with E-state index in [0.717, 1.165) is 39.1 Å². The standard InChI is InChI=1S/C20H23N5O2/c1-16-6-8-17(9-7-16)15-22-10-4-11-23(14-13-22)19-20(25(26)27)24-12-3-2-5-18(24)21-19/h2-3,5-9,12H,4,10-11,13-15H2,1H3. The lowest BCUT2D eigenvalue weighted by molar-refractivity contribution is -0.389. The third-order valence-electron chi connectivity index (χ3n) is 5.07. The largest absolute Gasteiger partial charge is 0.372 e. The molecule has 3 aromatic rings. The van der Waals surface area contributed by atoms with E-state index in [4.69, 9.17) is 0 Å².